The minimum atomic E-state index is -0.719. The van der Waals surface area contributed by atoms with Gasteiger partial charge in [0.2, 0.25) is 0 Å². The highest BCUT2D eigenvalue weighted by molar-refractivity contribution is 5.82. The van der Waals surface area contributed by atoms with E-state index in [2.05, 4.69) is 40.7 Å². The van der Waals surface area contributed by atoms with Crippen molar-refractivity contribution in [3.8, 4) is 0 Å². The number of carboxylic acids is 1. The Balaban J connectivity index is 1.84. The van der Waals surface area contributed by atoms with E-state index in [1.807, 2.05) is 0 Å². The van der Waals surface area contributed by atoms with Crippen LogP contribution in [-0.4, -0.2) is 33.6 Å². The normalized spacial score (nSPS) is 15.4. The fourth-order valence-corrected chi connectivity index (χ4v) is 2.99. The second kappa shape index (κ2) is 5.29. The van der Waals surface area contributed by atoms with Crippen molar-refractivity contribution in [1.29, 1.82) is 0 Å². The third-order valence-corrected chi connectivity index (χ3v) is 4.13. The van der Waals surface area contributed by atoms with E-state index in [-0.39, 0.29) is 6.42 Å². The lowest BCUT2D eigenvalue weighted by Crippen LogP contribution is -2.34. The molecule has 0 fully saturated rings. The Morgan fingerprint density at radius 3 is 2.90 bits per heavy atom. The summed E-state index contributed by atoms with van der Waals surface area (Å²) in [4.78, 5) is 12.9. The molecule has 0 atom stereocenters. The predicted molar refractivity (Wildman–Crippen MR) is 78.8 cm³/mol. The number of aromatic nitrogens is 1. The molecule has 4 nitrogen and oxygen atoms in total. The van der Waals surface area contributed by atoms with Crippen molar-refractivity contribution in [2.24, 2.45) is 0 Å². The highest BCUT2D eigenvalue weighted by Gasteiger charge is 2.18. The van der Waals surface area contributed by atoms with E-state index in [0.717, 1.165) is 26.1 Å². The third-order valence-electron chi connectivity index (χ3n) is 4.13. The zero-order chi connectivity index (χ0) is 14.1. The van der Waals surface area contributed by atoms with Crippen molar-refractivity contribution < 1.29 is 9.90 Å². The number of fused-ring (bicyclic) bond motifs is 3. The number of aliphatic carboxylic acids is 1. The van der Waals surface area contributed by atoms with E-state index >= 15 is 0 Å². The summed E-state index contributed by atoms with van der Waals surface area (Å²) in [5.74, 6) is -0.719. The first-order valence-corrected chi connectivity index (χ1v) is 7.22. The van der Waals surface area contributed by atoms with Gasteiger partial charge in [-0.05, 0) is 30.2 Å². The van der Waals surface area contributed by atoms with E-state index in [9.17, 15) is 4.79 Å². The molecule has 0 aliphatic carbocycles. The van der Waals surface area contributed by atoms with Gasteiger partial charge in [-0.2, -0.15) is 0 Å². The third kappa shape index (κ3) is 2.43. The summed E-state index contributed by atoms with van der Waals surface area (Å²) in [6.07, 6.45) is 1.28. The number of nitrogens with zero attached hydrogens (tertiary/aromatic N) is 2. The minimum Gasteiger partial charge on any atom is -0.481 e. The summed E-state index contributed by atoms with van der Waals surface area (Å²) in [6, 6.07) is 8.93. The molecule has 0 spiro atoms. The Morgan fingerprint density at radius 1 is 1.30 bits per heavy atom. The molecular weight excluding hydrogens is 252 g/mol. The van der Waals surface area contributed by atoms with Crippen LogP contribution in [0.3, 0.4) is 0 Å². The smallest absolute Gasteiger partial charge is 0.304 e. The van der Waals surface area contributed by atoms with Gasteiger partial charge in [0.25, 0.3) is 0 Å². The van der Waals surface area contributed by atoms with E-state index in [4.69, 9.17) is 5.11 Å². The molecule has 4 heteroatoms. The zero-order valence-electron chi connectivity index (χ0n) is 11.8. The van der Waals surface area contributed by atoms with Crippen LogP contribution >= 0.6 is 0 Å². The number of rotatable bonds is 4. The Hall–Kier alpha value is -1.81. The summed E-state index contributed by atoms with van der Waals surface area (Å²) >= 11 is 0. The lowest BCUT2D eigenvalue weighted by Gasteiger charge is -2.28. The number of hydrogen-bond acceptors (Lipinski definition) is 2. The maximum atomic E-state index is 10.7. The van der Waals surface area contributed by atoms with Crippen LogP contribution in [0.15, 0.2) is 24.3 Å². The van der Waals surface area contributed by atoms with Crippen molar-refractivity contribution in [1.82, 2.24) is 9.47 Å². The molecule has 1 N–H and O–H groups in total. The second-order valence-corrected chi connectivity index (χ2v) is 5.45. The van der Waals surface area contributed by atoms with Gasteiger partial charge in [-0.25, -0.2) is 0 Å². The summed E-state index contributed by atoms with van der Waals surface area (Å²) < 4.78 is 2.37. The summed E-state index contributed by atoms with van der Waals surface area (Å²) in [7, 11) is 0. The molecule has 0 amide bonds. The molecule has 1 aromatic carbocycles. The summed E-state index contributed by atoms with van der Waals surface area (Å²) in [6.45, 7) is 5.54. The van der Waals surface area contributed by atoms with Crippen LogP contribution in [0.2, 0.25) is 0 Å². The molecule has 2 heterocycles. The van der Waals surface area contributed by atoms with Gasteiger partial charge < -0.3 is 9.67 Å². The molecule has 0 unspecified atom stereocenters. The molecule has 106 valence electrons. The largest absolute Gasteiger partial charge is 0.481 e. The maximum absolute atomic E-state index is 10.7. The molecule has 20 heavy (non-hydrogen) atoms. The number of aryl methyl sites for hydroxylation is 1. The van der Waals surface area contributed by atoms with Gasteiger partial charge in [0, 0.05) is 42.8 Å². The molecule has 3 rings (SSSR count). The molecule has 2 aromatic rings. The average Bonchev–Trinajstić information content (AvgIpc) is 2.81. The van der Waals surface area contributed by atoms with E-state index in [0.29, 0.717) is 6.54 Å². The lowest BCUT2D eigenvalue weighted by molar-refractivity contribution is -0.137. The first-order valence-electron chi connectivity index (χ1n) is 7.22. The minimum absolute atomic E-state index is 0.222. The van der Waals surface area contributed by atoms with Gasteiger partial charge in [0.15, 0.2) is 0 Å². The Bertz CT molecular complexity index is 645. The van der Waals surface area contributed by atoms with Crippen LogP contribution in [0, 0.1) is 0 Å². The van der Waals surface area contributed by atoms with E-state index in [1.54, 1.807) is 0 Å². The maximum Gasteiger partial charge on any atom is 0.304 e. The number of carbonyl (C=O) groups is 1. The second-order valence-electron chi connectivity index (χ2n) is 5.45. The van der Waals surface area contributed by atoms with Crippen LogP contribution in [0.1, 0.15) is 24.6 Å². The van der Waals surface area contributed by atoms with Gasteiger partial charge in [0.1, 0.15) is 0 Å². The molecule has 0 saturated carbocycles. The standard InChI is InChI=1S/C16H20N2O2/c1-2-12-3-4-15-13(9-12)10-14-11-17(6-5-16(19)20)7-8-18(14)15/h3-4,9-10H,2,5-8,11H2,1H3,(H,19,20). The first-order chi connectivity index (χ1) is 9.67. The van der Waals surface area contributed by atoms with Crippen LogP contribution < -0.4 is 0 Å². The predicted octanol–water partition coefficient (Wildman–Crippen LogP) is 2.49. The highest BCUT2D eigenvalue weighted by atomic mass is 16.4. The molecule has 1 aromatic heterocycles. The Morgan fingerprint density at radius 2 is 2.15 bits per heavy atom. The van der Waals surface area contributed by atoms with Crippen LogP contribution in [0.4, 0.5) is 0 Å². The topological polar surface area (TPSA) is 45.5 Å². The molecule has 1 aliphatic rings. The van der Waals surface area contributed by atoms with Gasteiger partial charge >= 0.3 is 5.97 Å². The van der Waals surface area contributed by atoms with Gasteiger partial charge in [0.05, 0.1) is 6.42 Å². The highest BCUT2D eigenvalue weighted by Crippen LogP contribution is 2.25. The quantitative estimate of drug-likeness (QED) is 0.930. The number of carboxylic acid groups (broad SMARTS) is 1. The van der Waals surface area contributed by atoms with Gasteiger partial charge in [-0.3, -0.25) is 9.69 Å². The first kappa shape index (κ1) is 13.2. The van der Waals surface area contributed by atoms with Crippen LogP contribution in [-0.2, 0) is 24.3 Å². The SMILES string of the molecule is CCc1ccc2c(c1)cc1n2CCN(CCC(=O)O)C1. The lowest BCUT2D eigenvalue weighted by atomic mass is 10.1. The molecule has 0 radical (unpaired) electrons. The monoisotopic (exact) mass is 272 g/mol. The molecule has 0 bridgehead atoms. The van der Waals surface area contributed by atoms with Crippen molar-refractivity contribution >= 4 is 16.9 Å². The fraction of sp³-hybridized carbons (Fsp3) is 0.438. The fourth-order valence-electron chi connectivity index (χ4n) is 2.99. The van der Waals surface area contributed by atoms with Gasteiger partial charge in [-0.1, -0.05) is 13.0 Å². The molecule has 0 saturated heterocycles. The van der Waals surface area contributed by atoms with Crippen molar-refractivity contribution in [2.75, 3.05) is 13.1 Å². The van der Waals surface area contributed by atoms with Crippen LogP contribution in [0.5, 0.6) is 0 Å². The molecule has 1 aliphatic heterocycles. The van der Waals surface area contributed by atoms with E-state index in [1.165, 1.54) is 22.2 Å². The Labute approximate surface area is 118 Å². The number of hydrogen-bond donors (Lipinski definition) is 1. The zero-order valence-corrected chi connectivity index (χ0v) is 11.8. The summed E-state index contributed by atoms with van der Waals surface area (Å²) in [5, 5.41) is 10.1. The van der Waals surface area contributed by atoms with Gasteiger partial charge in [-0.15, -0.1) is 0 Å². The number of benzene rings is 1. The molecular formula is C16H20N2O2. The van der Waals surface area contributed by atoms with Crippen LogP contribution in [0.25, 0.3) is 10.9 Å². The van der Waals surface area contributed by atoms with Crippen molar-refractivity contribution in [3.63, 3.8) is 0 Å². The Kier molecular flexibility index (Phi) is 3.49. The van der Waals surface area contributed by atoms with Crippen molar-refractivity contribution in [2.45, 2.75) is 32.9 Å². The summed E-state index contributed by atoms with van der Waals surface area (Å²) in [5.41, 5.74) is 3.96. The van der Waals surface area contributed by atoms with Crippen molar-refractivity contribution in [3.05, 3.63) is 35.5 Å². The van der Waals surface area contributed by atoms with E-state index < -0.39 is 5.97 Å². The average molecular weight is 272 g/mol.